The van der Waals surface area contributed by atoms with Crippen LogP contribution in [0.5, 0.6) is 5.75 Å². The number of epoxide rings is 1. The molecule has 0 aromatic heterocycles. The van der Waals surface area contributed by atoms with Gasteiger partial charge < -0.3 is 65.4 Å². The lowest BCUT2D eigenvalue weighted by molar-refractivity contribution is -0.157. The first-order valence-electron chi connectivity index (χ1n) is 29.5. The highest BCUT2D eigenvalue weighted by atomic mass is 35.5. The van der Waals surface area contributed by atoms with Gasteiger partial charge in [0.2, 0.25) is 23.6 Å². The third-order valence-electron chi connectivity index (χ3n) is 16.8. The summed E-state index contributed by atoms with van der Waals surface area (Å²) in [5.41, 5.74) is 2.71. The number of imide groups is 1. The number of hydrogen-bond donors (Lipinski definition) is 7. The number of nitrogens with two attached hydrogens (primary N) is 1. The van der Waals surface area contributed by atoms with Gasteiger partial charge in [-0.15, -0.1) is 0 Å². The molecule has 88 heavy (non-hydrogen) atoms. The summed E-state index contributed by atoms with van der Waals surface area (Å²) in [6.07, 6.45) is 1.59. The lowest BCUT2D eigenvalue weighted by Gasteiger charge is -2.42. The fourth-order valence-corrected chi connectivity index (χ4v) is 11.7. The maximum Gasteiger partial charge on any atom is 0.411 e. The molecular formula is C61H82ClN9O17. The van der Waals surface area contributed by atoms with Gasteiger partial charge in [0.25, 0.3) is 11.8 Å². The first-order valence-corrected chi connectivity index (χ1v) is 29.9. The number of primary amides is 1. The zero-order valence-electron chi connectivity index (χ0n) is 51.3. The lowest BCUT2D eigenvalue weighted by Crippen LogP contribution is -2.63. The summed E-state index contributed by atoms with van der Waals surface area (Å²) in [6.45, 7) is 12.2. The van der Waals surface area contributed by atoms with Crippen molar-refractivity contribution in [1.82, 2.24) is 31.1 Å². The van der Waals surface area contributed by atoms with Crippen LogP contribution in [-0.2, 0) is 70.3 Å². The van der Waals surface area contributed by atoms with Gasteiger partial charge in [0.1, 0.15) is 53.4 Å². The van der Waals surface area contributed by atoms with Crippen molar-refractivity contribution in [2.75, 3.05) is 44.6 Å². The van der Waals surface area contributed by atoms with E-state index in [1.165, 1.54) is 43.2 Å². The van der Waals surface area contributed by atoms with Gasteiger partial charge in [-0.3, -0.25) is 48.7 Å². The molecule has 0 spiro atoms. The van der Waals surface area contributed by atoms with Gasteiger partial charge in [-0.25, -0.2) is 14.4 Å². The Hall–Kier alpha value is -7.81. The number of carbonyl (C=O) groups excluding carboxylic acids is 10. The molecule has 5 aliphatic heterocycles. The first kappa shape index (κ1) is 67.7. The van der Waals surface area contributed by atoms with Crippen LogP contribution in [0.25, 0.3) is 0 Å². The molecule has 11 atom stereocenters. The van der Waals surface area contributed by atoms with Gasteiger partial charge in [0.15, 0.2) is 5.72 Å². The lowest BCUT2D eigenvalue weighted by atomic mass is 9.83. The third kappa shape index (κ3) is 16.1. The molecule has 6 unspecified atom stereocenters. The van der Waals surface area contributed by atoms with Crippen molar-refractivity contribution in [2.45, 2.75) is 172 Å². The summed E-state index contributed by atoms with van der Waals surface area (Å²) in [4.78, 5) is 135. The molecule has 26 nitrogen and oxygen atoms in total. The van der Waals surface area contributed by atoms with Crippen molar-refractivity contribution in [2.24, 2.45) is 23.5 Å². The number of unbranched alkanes of at least 4 members (excludes halogenated alkanes) is 2. The van der Waals surface area contributed by atoms with Gasteiger partial charge >= 0.3 is 24.2 Å². The van der Waals surface area contributed by atoms with E-state index in [0.29, 0.717) is 36.1 Å². The van der Waals surface area contributed by atoms with Crippen molar-refractivity contribution in [3.05, 3.63) is 76.9 Å². The van der Waals surface area contributed by atoms with E-state index in [2.05, 4.69) is 26.6 Å². The van der Waals surface area contributed by atoms with Crippen LogP contribution >= 0.6 is 11.6 Å². The number of fused-ring (bicyclic) bond motifs is 6. The molecule has 3 fully saturated rings. The molecule has 480 valence electrons. The number of anilines is 2. The van der Waals surface area contributed by atoms with E-state index >= 15 is 0 Å². The van der Waals surface area contributed by atoms with E-state index in [9.17, 15) is 53.1 Å². The number of nitrogens with zero attached hydrogens (tertiary/aromatic N) is 3. The molecule has 5 heterocycles. The van der Waals surface area contributed by atoms with Crippen LogP contribution in [0.2, 0.25) is 5.02 Å². The highest BCUT2D eigenvalue weighted by Crippen LogP contribution is 2.51. The smallest absolute Gasteiger partial charge is 0.411 e. The minimum Gasteiger partial charge on any atom is -0.495 e. The molecule has 0 radical (unpaired) electrons. The maximum atomic E-state index is 14.4. The number of ether oxygens (including phenoxy) is 6. The van der Waals surface area contributed by atoms with Crippen LogP contribution in [0.15, 0.2) is 60.7 Å². The van der Waals surface area contributed by atoms with Gasteiger partial charge in [0, 0.05) is 63.8 Å². The molecule has 3 saturated heterocycles. The average Bonchev–Trinajstić information content (AvgIpc) is 1.67. The number of hydrogen-bond acceptors (Lipinski definition) is 17. The summed E-state index contributed by atoms with van der Waals surface area (Å²) < 4.78 is 35.4. The largest absolute Gasteiger partial charge is 0.495 e. The second-order valence-electron chi connectivity index (χ2n) is 24.0. The molecule has 2 aromatic carbocycles. The van der Waals surface area contributed by atoms with E-state index in [1.54, 1.807) is 90.1 Å². The monoisotopic (exact) mass is 1250 g/mol. The fraction of sp³-hybridized carbons (Fsp3) is 0.574. The SMILES string of the molecule is COc1cc2cc(c1Cl)N(C)C(=O)CC(OC(=O)C(C)C)[C@]1(C)O[C@H]1C(C)C1C[C@](O)(NC(=O)O1)C(OC)/C=C/C1N(C(=O)OCc3ccc(NC(=O)[C@H](CCCNC(N)=O)NC(=O)[C@@H](NC(=O)CCCCCN4C(=O)C=CC4=O)C(C)C)cc3)C1(C)C2. The number of methoxy groups -OCH3 is 2. The zero-order valence-corrected chi connectivity index (χ0v) is 52.1. The molecule has 7 rings (SSSR count). The van der Waals surface area contributed by atoms with Crippen LogP contribution in [0.1, 0.15) is 111 Å². The quantitative estimate of drug-likeness (QED) is 0.0211. The second kappa shape index (κ2) is 28.6. The predicted octanol–water partition coefficient (Wildman–Crippen LogP) is 4.66. The Morgan fingerprint density at radius 1 is 0.920 bits per heavy atom. The Labute approximate surface area is 516 Å². The molecule has 27 heteroatoms. The number of alkyl carbamates (subject to hydrolysis) is 1. The standard InChI is InChI=1S/C61H82ClN9O17/c1-33(2)51(67-46(72)16-12-11-13-26-70-47(73)23-24-48(70)74)54(77)66-39(15-14-25-64-56(63)79)53(76)65-38-19-17-36(18-20-38)32-85-58(81)71-43-21-22-44(84-10)61(82)31-42(86-57(80)68-61)35(5)52-60(7,88-52)45(87-55(78)34(3)4)29-49(75)69(8)40-27-37(30-59(43,71)6)28-41(83-9)50(40)62/h17-24,27-28,33-35,39,42-45,51-52,82H,11-16,25-26,29-32H2,1-10H3,(H,65,76)(H,66,77)(H,67,72)(H,68,80)(H3,63,64,79)/b22-21+/t35?,39-,42?,43?,44?,45?,51-,52-,59?,60-,61+,71?/m0/s1. The van der Waals surface area contributed by atoms with Gasteiger partial charge in [-0.2, -0.15) is 0 Å². The van der Waals surface area contributed by atoms with Crippen LogP contribution in [-0.4, -0.2) is 168 Å². The van der Waals surface area contributed by atoms with Crippen LogP contribution in [0, 0.1) is 17.8 Å². The third-order valence-corrected chi connectivity index (χ3v) is 17.2. The highest BCUT2D eigenvalue weighted by Gasteiger charge is 2.65. The second-order valence-corrected chi connectivity index (χ2v) is 24.4. The maximum absolute atomic E-state index is 14.4. The van der Waals surface area contributed by atoms with Gasteiger partial charge in [-0.1, -0.05) is 76.9 Å². The van der Waals surface area contributed by atoms with Crippen LogP contribution in [0.3, 0.4) is 0 Å². The molecule has 4 bridgehead atoms. The minimum atomic E-state index is -2.03. The van der Waals surface area contributed by atoms with Gasteiger partial charge in [0.05, 0.1) is 42.8 Å². The molecule has 5 aliphatic rings. The number of halogens is 1. The van der Waals surface area contributed by atoms with E-state index < -0.39 is 119 Å². The number of nitrogens with one attached hydrogen (secondary N) is 5. The minimum absolute atomic E-state index is 0.0737. The number of carbonyl (C=O) groups is 10. The molecule has 0 saturated carbocycles. The van der Waals surface area contributed by atoms with Crippen molar-refractivity contribution < 1.29 is 81.5 Å². The summed E-state index contributed by atoms with van der Waals surface area (Å²) in [6, 6.07) is 6.20. The zero-order chi connectivity index (χ0) is 64.6. The normalized spacial score (nSPS) is 26.8. The molecule has 0 aliphatic carbocycles. The Morgan fingerprint density at radius 3 is 2.25 bits per heavy atom. The summed E-state index contributed by atoms with van der Waals surface area (Å²) in [5.74, 6) is -4.70. The summed E-state index contributed by atoms with van der Waals surface area (Å²) in [5, 5.41) is 25.6. The average molecular weight is 1250 g/mol. The molecular weight excluding hydrogens is 1170 g/mol. The number of rotatable bonds is 22. The van der Waals surface area contributed by atoms with E-state index in [0.717, 1.165) is 4.90 Å². The predicted molar refractivity (Wildman–Crippen MR) is 319 cm³/mol. The Morgan fingerprint density at radius 2 is 1.61 bits per heavy atom. The Kier molecular flexibility index (Phi) is 22.0. The number of urea groups is 1. The van der Waals surface area contributed by atoms with E-state index in [4.69, 9.17) is 45.8 Å². The molecule has 8 N–H and O–H groups in total. The first-order chi connectivity index (χ1) is 41.5. The van der Waals surface area contributed by atoms with E-state index in [1.807, 2.05) is 6.92 Å². The van der Waals surface area contributed by atoms with Crippen molar-refractivity contribution in [1.29, 1.82) is 0 Å². The van der Waals surface area contributed by atoms with Crippen LogP contribution in [0.4, 0.5) is 25.8 Å². The summed E-state index contributed by atoms with van der Waals surface area (Å²) >= 11 is 6.93. The number of amides is 10. The van der Waals surface area contributed by atoms with Crippen molar-refractivity contribution >= 4 is 82.6 Å². The van der Waals surface area contributed by atoms with Crippen LogP contribution < -0.4 is 42.0 Å². The number of aliphatic hydroxyl groups is 1. The number of esters is 1. The highest BCUT2D eigenvalue weighted by molar-refractivity contribution is 6.35. The molecule has 2 aromatic rings. The molecule has 10 amide bonds. The van der Waals surface area contributed by atoms with E-state index in [-0.39, 0.29) is 92.4 Å². The number of benzene rings is 2. The Bertz CT molecular complexity index is 3030. The van der Waals surface area contributed by atoms with Crippen molar-refractivity contribution in [3.8, 4) is 5.75 Å². The van der Waals surface area contributed by atoms with Crippen molar-refractivity contribution in [3.63, 3.8) is 0 Å². The summed E-state index contributed by atoms with van der Waals surface area (Å²) in [7, 11) is 4.31. The van der Waals surface area contributed by atoms with Gasteiger partial charge in [-0.05, 0) is 87.3 Å². The topological polar surface area (TPSA) is 345 Å². The Balaban J connectivity index is 1.06. The fourth-order valence-electron chi connectivity index (χ4n) is 11.4.